The van der Waals surface area contributed by atoms with E-state index in [0.29, 0.717) is 0 Å². The summed E-state index contributed by atoms with van der Waals surface area (Å²) in [5.41, 5.74) is 19.9. The van der Waals surface area contributed by atoms with Gasteiger partial charge in [0.05, 0.1) is 22.1 Å². The summed E-state index contributed by atoms with van der Waals surface area (Å²) in [6.45, 7) is 9.58. The van der Waals surface area contributed by atoms with E-state index in [1.807, 2.05) is 0 Å². The van der Waals surface area contributed by atoms with Gasteiger partial charge in [0.25, 0.3) is 0 Å². The van der Waals surface area contributed by atoms with Gasteiger partial charge < -0.3 is 14.0 Å². The molecule has 326 valence electrons. The van der Waals surface area contributed by atoms with Crippen molar-refractivity contribution in [3.8, 4) is 27.9 Å². The van der Waals surface area contributed by atoms with Crippen LogP contribution < -0.4 is 4.90 Å². The first kappa shape index (κ1) is 39.3. The predicted molar refractivity (Wildman–Crippen MR) is 287 cm³/mol. The molecule has 10 aromatic rings. The van der Waals surface area contributed by atoms with Gasteiger partial charge in [0.2, 0.25) is 0 Å². The lowest BCUT2D eigenvalue weighted by molar-refractivity contribution is 0.437. The van der Waals surface area contributed by atoms with Crippen LogP contribution >= 0.6 is 0 Å². The quantitative estimate of drug-likeness (QED) is 0.168. The molecule has 0 radical (unpaired) electrons. The van der Waals surface area contributed by atoms with Gasteiger partial charge in [-0.05, 0) is 143 Å². The van der Waals surface area contributed by atoms with Crippen LogP contribution in [0.5, 0.6) is 0 Å². The zero-order valence-corrected chi connectivity index (χ0v) is 38.9. The zero-order chi connectivity index (χ0) is 45.5. The molecule has 3 aliphatic carbocycles. The Kier molecular flexibility index (Phi) is 8.13. The van der Waals surface area contributed by atoms with Crippen LogP contribution in [-0.2, 0) is 11.0 Å². The van der Waals surface area contributed by atoms with E-state index in [-0.39, 0.29) is 22.4 Å². The van der Waals surface area contributed by atoms with Gasteiger partial charge in [-0.2, -0.15) is 0 Å². The SMILES string of the molecule is CC1(C)c2ccccc2-c2ccc(N3c4ccc(-c5ccc6c(c5)c5ccccc5n6-c5ccccc5)cc4C4C=C(c5ccc6c(c5)c5ccccc5n6C5(C)C=CC=CC5)C=CC43C)cc21. The highest BCUT2D eigenvalue weighted by atomic mass is 15.2. The summed E-state index contributed by atoms with van der Waals surface area (Å²) < 4.78 is 4.96. The number of hydrogen-bond donors (Lipinski definition) is 0. The van der Waals surface area contributed by atoms with Crippen molar-refractivity contribution in [1.82, 2.24) is 9.13 Å². The second-order valence-electron chi connectivity index (χ2n) is 20.5. The summed E-state index contributed by atoms with van der Waals surface area (Å²) in [7, 11) is 0. The fraction of sp³-hybridized carbons (Fsp3) is 0.138. The predicted octanol–water partition coefficient (Wildman–Crippen LogP) is 16.7. The van der Waals surface area contributed by atoms with Crippen molar-refractivity contribution >= 4 is 60.6 Å². The van der Waals surface area contributed by atoms with Crippen LogP contribution in [0.25, 0.3) is 77.1 Å². The lowest BCUT2D eigenvalue weighted by Crippen LogP contribution is -2.42. The molecule has 3 heteroatoms. The molecule has 2 aromatic heterocycles. The van der Waals surface area contributed by atoms with E-state index in [9.17, 15) is 0 Å². The molecular formula is C65H51N3. The monoisotopic (exact) mass is 873 g/mol. The van der Waals surface area contributed by atoms with E-state index in [1.54, 1.807) is 0 Å². The number of para-hydroxylation sites is 3. The van der Waals surface area contributed by atoms with Gasteiger partial charge in [0.15, 0.2) is 0 Å². The molecule has 3 heterocycles. The van der Waals surface area contributed by atoms with E-state index in [0.717, 1.165) is 6.42 Å². The van der Waals surface area contributed by atoms with Crippen LogP contribution in [0, 0.1) is 0 Å². The van der Waals surface area contributed by atoms with Crippen molar-refractivity contribution in [3.05, 3.63) is 241 Å². The average Bonchev–Trinajstić information content (AvgIpc) is 4.05. The van der Waals surface area contributed by atoms with Gasteiger partial charge in [-0.15, -0.1) is 0 Å². The summed E-state index contributed by atoms with van der Waals surface area (Å²) >= 11 is 0. The first-order chi connectivity index (χ1) is 33.2. The highest BCUT2D eigenvalue weighted by Crippen LogP contribution is 2.58. The largest absolute Gasteiger partial charge is 0.331 e. The maximum absolute atomic E-state index is 2.64. The Hall–Kier alpha value is -7.88. The molecule has 14 rings (SSSR count). The summed E-state index contributed by atoms with van der Waals surface area (Å²) in [5, 5.41) is 5.12. The fourth-order valence-corrected chi connectivity index (χ4v) is 12.9. The number of anilines is 2. The number of rotatable bonds is 5. The number of aromatic nitrogens is 2. The third-order valence-electron chi connectivity index (χ3n) is 16.3. The lowest BCUT2D eigenvalue weighted by Gasteiger charge is -2.40. The second kappa shape index (κ2) is 14.1. The Bertz CT molecular complexity index is 3900. The maximum atomic E-state index is 2.64. The van der Waals surface area contributed by atoms with Crippen molar-refractivity contribution in [2.24, 2.45) is 0 Å². The maximum Gasteiger partial charge on any atom is 0.0712 e. The molecule has 0 N–H and O–H groups in total. The molecule has 68 heavy (non-hydrogen) atoms. The molecule has 1 aliphatic heterocycles. The van der Waals surface area contributed by atoms with Crippen LogP contribution in [0.1, 0.15) is 62.3 Å². The summed E-state index contributed by atoms with van der Waals surface area (Å²) in [6, 6.07) is 66.2. The molecule has 8 aromatic carbocycles. The topological polar surface area (TPSA) is 13.1 Å². The van der Waals surface area contributed by atoms with Crippen LogP contribution in [0.3, 0.4) is 0 Å². The molecule has 0 saturated heterocycles. The second-order valence-corrected chi connectivity index (χ2v) is 20.5. The van der Waals surface area contributed by atoms with E-state index in [2.05, 4.69) is 260 Å². The van der Waals surface area contributed by atoms with Gasteiger partial charge >= 0.3 is 0 Å². The molecule has 0 bridgehead atoms. The smallest absolute Gasteiger partial charge is 0.0712 e. The molecular weight excluding hydrogens is 823 g/mol. The van der Waals surface area contributed by atoms with E-state index >= 15 is 0 Å². The molecule has 0 amide bonds. The molecule has 3 unspecified atom stereocenters. The third-order valence-corrected chi connectivity index (χ3v) is 16.3. The Balaban J connectivity index is 0.933. The normalized spacial score (nSPS) is 20.9. The summed E-state index contributed by atoms with van der Waals surface area (Å²) in [6.07, 6.45) is 17.5. The molecule has 0 fully saturated rings. The van der Waals surface area contributed by atoms with E-state index in [4.69, 9.17) is 0 Å². The standard InChI is InChI=1S/C65H51N3/c1-63(2)55-22-12-9-19-48(55)49-29-28-47(41-56(49)63)67-62-32-27-44(42-25-30-59-52(37-42)50-20-10-13-23-58(50)66(59)46-17-7-5-8-18-46)39-54(62)57-40-45(33-36-65(57,67)4)43-26-31-61-53(38-43)51-21-11-14-24-60(51)68(61)64(3)34-15-6-16-35-64/h5-34,36-41,57H,35H2,1-4H3. The minimum absolute atomic E-state index is 0.0924. The average molecular weight is 874 g/mol. The van der Waals surface area contributed by atoms with Crippen molar-refractivity contribution in [3.63, 3.8) is 0 Å². The molecule has 3 nitrogen and oxygen atoms in total. The Labute approximate surface area is 397 Å². The minimum atomic E-state index is -0.350. The first-order valence-corrected chi connectivity index (χ1v) is 24.3. The number of allylic oxidation sites excluding steroid dienone is 6. The number of nitrogens with zero attached hydrogens (tertiary/aromatic N) is 3. The number of benzene rings is 8. The Morgan fingerprint density at radius 2 is 1.13 bits per heavy atom. The molecule has 3 atom stereocenters. The van der Waals surface area contributed by atoms with Gasteiger partial charge in [0.1, 0.15) is 0 Å². The molecule has 4 aliphatic rings. The first-order valence-electron chi connectivity index (χ1n) is 24.3. The van der Waals surface area contributed by atoms with Gasteiger partial charge in [-0.25, -0.2) is 0 Å². The number of fused-ring (bicyclic) bond motifs is 12. The van der Waals surface area contributed by atoms with E-state index in [1.165, 1.54) is 111 Å². The van der Waals surface area contributed by atoms with Crippen molar-refractivity contribution in [1.29, 1.82) is 0 Å². The minimum Gasteiger partial charge on any atom is -0.331 e. The Morgan fingerprint density at radius 3 is 1.97 bits per heavy atom. The summed E-state index contributed by atoms with van der Waals surface area (Å²) in [4.78, 5) is 2.64. The van der Waals surface area contributed by atoms with E-state index < -0.39 is 0 Å². The van der Waals surface area contributed by atoms with Crippen LogP contribution in [0.4, 0.5) is 11.4 Å². The van der Waals surface area contributed by atoms with Crippen molar-refractivity contribution in [2.45, 2.75) is 56.5 Å². The van der Waals surface area contributed by atoms with Gasteiger partial charge in [0, 0.05) is 61.0 Å². The van der Waals surface area contributed by atoms with Crippen molar-refractivity contribution in [2.75, 3.05) is 4.90 Å². The Morgan fingerprint density at radius 1 is 0.485 bits per heavy atom. The summed E-state index contributed by atoms with van der Waals surface area (Å²) in [5.74, 6) is 0.0924. The highest BCUT2D eigenvalue weighted by molar-refractivity contribution is 6.11. The van der Waals surface area contributed by atoms with Gasteiger partial charge in [-0.1, -0.05) is 160 Å². The van der Waals surface area contributed by atoms with Crippen LogP contribution in [0.2, 0.25) is 0 Å². The highest BCUT2D eigenvalue weighted by Gasteiger charge is 2.48. The van der Waals surface area contributed by atoms with Crippen molar-refractivity contribution < 1.29 is 0 Å². The lowest BCUT2D eigenvalue weighted by atomic mass is 9.77. The third kappa shape index (κ3) is 5.42. The van der Waals surface area contributed by atoms with Crippen LogP contribution in [0.15, 0.2) is 218 Å². The van der Waals surface area contributed by atoms with Gasteiger partial charge in [-0.3, -0.25) is 0 Å². The zero-order valence-electron chi connectivity index (χ0n) is 38.9. The fourth-order valence-electron chi connectivity index (χ4n) is 12.9. The molecule has 0 saturated carbocycles. The van der Waals surface area contributed by atoms with Crippen LogP contribution in [-0.4, -0.2) is 14.7 Å². The number of hydrogen-bond acceptors (Lipinski definition) is 1. The molecule has 0 spiro atoms.